The molecule has 0 aromatic carbocycles. The van der Waals surface area contributed by atoms with Gasteiger partial charge in [-0.1, -0.05) is 0 Å². The van der Waals surface area contributed by atoms with Crippen molar-refractivity contribution in [3.8, 4) is 0 Å². The normalized spacial score (nSPS) is 11.8. The molecule has 11 heavy (non-hydrogen) atoms. The third kappa shape index (κ3) is 2.39. The summed E-state index contributed by atoms with van der Waals surface area (Å²) >= 11 is 0. The summed E-state index contributed by atoms with van der Waals surface area (Å²) in [4.78, 5) is 10.3. The molecule has 0 amide bonds. The van der Waals surface area contributed by atoms with Crippen molar-refractivity contribution in [1.29, 1.82) is 0 Å². The van der Waals surface area contributed by atoms with Gasteiger partial charge >= 0.3 is 18.2 Å². The molecule has 0 atom stereocenters. The van der Waals surface area contributed by atoms with Crippen LogP contribution in [0.2, 0.25) is 0 Å². The van der Waals surface area contributed by atoms with Gasteiger partial charge in [-0.25, -0.2) is 13.6 Å². The van der Waals surface area contributed by atoms with Crippen LogP contribution in [0.1, 0.15) is 6.92 Å². The lowest BCUT2D eigenvalue weighted by Gasteiger charge is -2.17. The third-order valence-corrected chi connectivity index (χ3v) is 0.880. The average molecular weight is 170 g/mol. The lowest BCUT2D eigenvalue weighted by atomic mass is 10.3. The number of carbonyl (C=O) groups excluding carboxylic acids is 1. The van der Waals surface area contributed by atoms with E-state index in [1.54, 1.807) is 0 Å². The fourth-order valence-corrected chi connectivity index (χ4v) is 0.326. The summed E-state index contributed by atoms with van der Waals surface area (Å²) in [5.41, 5.74) is 0. The number of alkyl halides is 2. The zero-order valence-electron chi connectivity index (χ0n) is 5.75. The van der Waals surface area contributed by atoms with Crippen molar-refractivity contribution >= 4 is 5.97 Å². The predicted molar refractivity (Wildman–Crippen MR) is 29.8 cm³/mol. The standard InChI is InChI=1S/C5H8F2O4/c1-2-11-4(8)5(9,10)3(6)7/h3,9-10H,2H2,1H3. The van der Waals surface area contributed by atoms with E-state index in [1.165, 1.54) is 6.92 Å². The number of esters is 1. The summed E-state index contributed by atoms with van der Waals surface area (Å²) in [6, 6.07) is 0. The van der Waals surface area contributed by atoms with Gasteiger partial charge in [-0.2, -0.15) is 0 Å². The molecule has 66 valence electrons. The molecule has 0 saturated carbocycles. The molecule has 0 aliphatic heterocycles. The van der Waals surface area contributed by atoms with Crippen LogP contribution in [0.4, 0.5) is 8.78 Å². The first-order chi connectivity index (χ1) is 4.92. The van der Waals surface area contributed by atoms with E-state index in [2.05, 4.69) is 4.74 Å². The monoisotopic (exact) mass is 170 g/mol. The highest BCUT2D eigenvalue weighted by Crippen LogP contribution is 2.13. The smallest absolute Gasteiger partial charge is 0.372 e. The second-order valence-corrected chi connectivity index (χ2v) is 1.75. The topological polar surface area (TPSA) is 66.8 Å². The van der Waals surface area contributed by atoms with Crippen LogP contribution >= 0.6 is 0 Å². The predicted octanol–water partition coefficient (Wildman–Crippen LogP) is -0.504. The highest BCUT2D eigenvalue weighted by molar-refractivity contribution is 5.77. The lowest BCUT2D eigenvalue weighted by Crippen LogP contribution is -2.46. The van der Waals surface area contributed by atoms with Gasteiger partial charge in [-0.3, -0.25) is 0 Å². The van der Waals surface area contributed by atoms with E-state index in [0.29, 0.717) is 0 Å². The first-order valence-electron chi connectivity index (χ1n) is 2.83. The van der Waals surface area contributed by atoms with Gasteiger partial charge in [0.1, 0.15) is 0 Å². The molecular weight excluding hydrogens is 162 g/mol. The minimum atomic E-state index is -3.68. The van der Waals surface area contributed by atoms with Gasteiger partial charge in [0.25, 0.3) is 0 Å². The first-order valence-corrected chi connectivity index (χ1v) is 2.83. The molecule has 0 aromatic rings. The molecule has 2 N–H and O–H groups in total. The Morgan fingerprint density at radius 2 is 2.09 bits per heavy atom. The molecule has 0 unspecified atom stereocenters. The first kappa shape index (κ1) is 10.2. The van der Waals surface area contributed by atoms with Crippen molar-refractivity contribution in [1.82, 2.24) is 0 Å². The van der Waals surface area contributed by atoms with Gasteiger partial charge in [-0.05, 0) is 6.92 Å². The van der Waals surface area contributed by atoms with Crippen LogP contribution in [0.3, 0.4) is 0 Å². The second-order valence-electron chi connectivity index (χ2n) is 1.75. The van der Waals surface area contributed by atoms with Gasteiger partial charge in [0.05, 0.1) is 6.61 Å². The van der Waals surface area contributed by atoms with Crippen LogP contribution in [0.15, 0.2) is 0 Å². The molecule has 0 heterocycles. The Bertz CT molecular complexity index is 145. The van der Waals surface area contributed by atoms with E-state index in [9.17, 15) is 13.6 Å². The van der Waals surface area contributed by atoms with E-state index in [-0.39, 0.29) is 6.61 Å². The van der Waals surface area contributed by atoms with Crippen LogP contribution in [0, 0.1) is 0 Å². The average Bonchev–Trinajstić information content (AvgIpc) is 1.88. The van der Waals surface area contributed by atoms with Gasteiger partial charge in [-0.15, -0.1) is 0 Å². The summed E-state index contributed by atoms with van der Waals surface area (Å²) in [5.74, 6) is -5.43. The van der Waals surface area contributed by atoms with Crippen LogP contribution < -0.4 is 0 Å². The summed E-state index contributed by atoms with van der Waals surface area (Å²) in [6.45, 7) is 1.17. The quantitative estimate of drug-likeness (QED) is 0.442. The number of aliphatic hydroxyl groups is 2. The fourth-order valence-electron chi connectivity index (χ4n) is 0.326. The fraction of sp³-hybridized carbons (Fsp3) is 0.800. The molecule has 0 rings (SSSR count). The van der Waals surface area contributed by atoms with Crippen molar-refractivity contribution in [2.45, 2.75) is 19.1 Å². The maximum Gasteiger partial charge on any atom is 0.372 e. The van der Waals surface area contributed by atoms with E-state index in [4.69, 9.17) is 10.2 Å². The molecule has 4 nitrogen and oxygen atoms in total. The largest absolute Gasteiger partial charge is 0.462 e. The van der Waals surface area contributed by atoms with Crippen molar-refractivity contribution in [2.75, 3.05) is 6.61 Å². The van der Waals surface area contributed by atoms with Crippen molar-refractivity contribution in [3.05, 3.63) is 0 Å². The minimum absolute atomic E-state index is 0.186. The molecular formula is C5H8F2O4. The molecule has 0 saturated heterocycles. The van der Waals surface area contributed by atoms with Crippen LogP contribution in [-0.4, -0.2) is 35.0 Å². The molecule has 0 aliphatic rings. The maximum atomic E-state index is 11.6. The van der Waals surface area contributed by atoms with E-state index >= 15 is 0 Å². The lowest BCUT2D eigenvalue weighted by molar-refractivity contribution is -0.249. The Balaban J connectivity index is 4.18. The minimum Gasteiger partial charge on any atom is -0.462 e. The summed E-state index contributed by atoms with van der Waals surface area (Å²) in [7, 11) is 0. The number of rotatable bonds is 3. The van der Waals surface area contributed by atoms with E-state index in [0.717, 1.165) is 0 Å². The van der Waals surface area contributed by atoms with Crippen LogP contribution in [0.25, 0.3) is 0 Å². The molecule has 0 bridgehead atoms. The maximum absolute atomic E-state index is 11.6. The Labute approximate surface area is 61.4 Å². The van der Waals surface area contributed by atoms with Crippen LogP contribution in [-0.2, 0) is 9.53 Å². The molecule has 0 aromatic heterocycles. The molecule has 0 radical (unpaired) electrons. The number of hydrogen-bond acceptors (Lipinski definition) is 4. The van der Waals surface area contributed by atoms with Crippen LogP contribution in [0.5, 0.6) is 0 Å². The number of halogens is 2. The van der Waals surface area contributed by atoms with Crippen molar-refractivity contribution < 1.29 is 28.5 Å². The highest BCUT2D eigenvalue weighted by atomic mass is 19.3. The summed E-state index contributed by atoms with van der Waals surface area (Å²) < 4.78 is 27.1. The third-order valence-electron chi connectivity index (χ3n) is 0.880. The zero-order chi connectivity index (χ0) is 9.07. The number of hydrogen-bond donors (Lipinski definition) is 2. The molecule has 0 aliphatic carbocycles. The van der Waals surface area contributed by atoms with Gasteiger partial charge < -0.3 is 14.9 Å². The zero-order valence-corrected chi connectivity index (χ0v) is 5.75. The Morgan fingerprint density at radius 3 is 2.36 bits per heavy atom. The Kier molecular flexibility index (Phi) is 3.34. The van der Waals surface area contributed by atoms with Crippen molar-refractivity contribution in [2.24, 2.45) is 0 Å². The van der Waals surface area contributed by atoms with Gasteiger partial charge in [0, 0.05) is 0 Å². The van der Waals surface area contributed by atoms with Gasteiger partial charge in [0.2, 0.25) is 0 Å². The SMILES string of the molecule is CCOC(=O)C(O)(O)C(F)F. The highest BCUT2D eigenvalue weighted by Gasteiger charge is 2.45. The molecule has 0 fully saturated rings. The summed E-state index contributed by atoms with van der Waals surface area (Å²) in [5, 5.41) is 16.6. The number of carbonyl (C=O) groups is 1. The molecule has 6 heteroatoms. The number of ether oxygens (including phenoxy) is 1. The second kappa shape index (κ2) is 3.59. The van der Waals surface area contributed by atoms with Crippen molar-refractivity contribution in [3.63, 3.8) is 0 Å². The summed E-state index contributed by atoms with van der Waals surface area (Å²) in [6.07, 6.45) is -3.57. The van der Waals surface area contributed by atoms with E-state index in [1.807, 2.05) is 0 Å². The Morgan fingerprint density at radius 1 is 1.64 bits per heavy atom. The van der Waals surface area contributed by atoms with E-state index < -0.39 is 18.2 Å². The van der Waals surface area contributed by atoms with Gasteiger partial charge in [0.15, 0.2) is 0 Å². The molecule has 0 spiro atoms. The Hall–Kier alpha value is -0.750.